The molecule has 5 nitrogen and oxygen atoms in total. The normalized spacial score (nSPS) is 17.2. The average Bonchev–Trinajstić information content (AvgIpc) is 2.91. The zero-order valence-electron chi connectivity index (χ0n) is 16.8. The van der Waals surface area contributed by atoms with Gasteiger partial charge in [-0.15, -0.1) is 0 Å². The second-order valence-corrected chi connectivity index (χ2v) is 7.54. The lowest BCUT2D eigenvalue weighted by molar-refractivity contribution is 0.266. The summed E-state index contributed by atoms with van der Waals surface area (Å²) >= 11 is 0. The van der Waals surface area contributed by atoms with Crippen LogP contribution >= 0.6 is 0 Å². The van der Waals surface area contributed by atoms with Gasteiger partial charge in [0.05, 0.1) is 6.61 Å². The zero-order valence-corrected chi connectivity index (χ0v) is 16.8. The lowest BCUT2D eigenvalue weighted by Gasteiger charge is -2.20. The number of nitrogens with zero attached hydrogens (tertiary/aromatic N) is 2. The Hall–Kier alpha value is -1.14. The third kappa shape index (κ3) is 8.49. The molecule has 26 heavy (non-hydrogen) atoms. The summed E-state index contributed by atoms with van der Waals surface area (Å²) in [6.07, 6.45) is 7.73. The van der Waals surface area contributed by atoms with Gasteiger partial charge < -0.3 is 15.0 Å². The Balaban J connectivity index is 1.61. The minimum atomic E-state index is 0.374. The Labute approximate surface area is 159 Å². The Morgan fingerprint density at radius 3 is 2.46 bits per heavy atom. The van der Waals surface area contributed by atoms with Gasteiger partial charge in [0.2, 0.25) is 0 Å². The summed E-state index contributed by atoms with van der Waals surface area (Å²) in [5.41, 5.74) is 1.31. The smallest absolute Gasteiger partial charge is 0.119 e. The number of nitrogens with two attached hydrogens (primary N) is 1. The first-order valence-corrected chi connectivity index (χ1v) is 10.3. The monoisotopic (exact) mass is 362 g/mol. The molecule has 0 amide bonds. The highest BCUT2D eigenvalue weighted by molar-refractivity contribution is 5.28. The van der Waals surface area contributed by atoms with Gasteiger partial charge in [0.15, 0.2) is 0 Å². The molecule has 1 heterocycles. The molecule has 1 aromatic rings. The van der Waals surface area contributed by atoms with E-state index >= 15 is 0 Å². The molecular formula is C21H38N4O. The maximum Gasteiger partial charge on any atom is 0.119 e. The van der Waals surface area contributed by atoms with E-state index in [0.717, 1.165) is 25.3 Å². The standard InChI is InChI=1S/C21H38N4O/c1-19(23-13-7-17-25-15-5-3-4-6-16-25)20-9-11-21(12-10-20)26-18-8-14-24(2)22/h9-12,19,23H,3-8,13-18,22H2,1-2H3. The number of rotatable bonds is 11. The van der Waals surface area contributed by atoms with Gasteiger partial charge in [0, 0.05) is 19.6 Å². The van der Waals surface area contributed by atoms with Crippen molar-refractivity contribution >= 4 is 0 Å². The highest BCUT2D eigenvalue weighted by Gasteiger charge is 2.09. The number of hydrogen-bond acceptors (Lipinski definition) is 5. The maximum absolute atomic E-state index is 5.76. The largest absolute Gasteiger partial charge is 0.494 e. The molecule has 0 aliphatic carbocycles. The molecular weight excluding hydrogens is 324 g/mol. The Morgan fingerprint density at radius 2 is 1.81 bits per heavy atom. The van der Waals surface area contributed by atoms with Gasteiger partial charge in [-0.25, -0.2) is 0 Å². The molecule has 148 valence electrons. The summed E-state index contributed by atoms with van der Waals surface area (Å²) in [7, 11) is 1.87. The first-order chi connectivity index (χ1) is 12.6. The Kier molecular flexibility index (Phi) is 10.00. The predicted molar refractivity (Wildman–Crippen MR) is 109 cm³/mol. The van der Waals surface area contributed by atoms with E-state index in [1.165, 1.54) is 57.3 Å². The number of hydrazine groups is 1. The van der Waals surface area contributed by atoms with Crippen LogP contribution in [0.2, 0.25) is 0 Å². The Bertz CT molecular complexity index is 469. The fraction of sp³-hybridized carbons (Fsp3) is 0.714. The van der Waals surface area contributed by atoms with E-state index in [1.807, 2.05) is 7.05 Å². The van der Waals surface area contributed by atoms with Gasteiger partial charge >= 0.3 is 0 Å². The van der Waals surface area contributed by atoms with Gasteiger partial charge in [-0.3, -0.25) is 10.9 Å². The number of ether oxygens (including phenoxy) is 1. The van der Waals surface area contributed by atoms with Crippen LogP contribution in [0.1, 0.15) is 57.1 Å². The quantitative estimate of drug-likeness (QED) is 0.360. The van der Waals surface area contributed by atoms with E-state index in [1.54, 1.807) is 5.01 Å². The number of nitrogens with one attached hydrogen (secondary N) is 1. The maximum atomic E-state index is 5.76. The second kappa shape index (κ2) is 12.3. The third-order valence-corrected chi connectivity index (χ3v) is 5.10. The molecule has 1 aliphatic rings. The fourth-order valence-corrected chi connectivity index (χ4v) is 3.46. The van der Waals surface area contributed by atoms with Crippen molar-refractivity contribution in [3.63, 3.8) is 0 Å². The lowest BCUT2D eigenvalue weighted by atomic mass is 10.1. The van der Waals surface area contributed by atoms with E-state index in [2.05, 4.69) is 41.4 Å². The highest BCUT2D eigenvalue weighted by Crippen LogP contribution is 2.18. The number of hydrogen-bond donors (Lipinski definition) is 2. The molecule has 1 saturated heterocycles. The molecule has 0 bridgehead atoms. The van der Waals surface area contributed by atoms with E-state index in [-0.39, 0.29) is 0 Å². The SMILES string of the molecule is CC(NCCCN1CCCCCC1)c1ccc(OCCCN(C)N)cc1. The molecule has 0 aromatic heterocycles. The van der Waals surface area contributed by atoms with Crippen molar-refractivity contribution in [1.82, 2.24) is 15.2 Å². The molecule has 3 N–H and O–H groups in total. The van der Waals surface area contributed by atoms with Crippen LogP contribution in [0.3, 0.4) is 0 Å². The van der Waals surface area contributed by atoms with E-state index < -0.39 is 0 Å². The molecule has 1 aliphatic heterocycles. The zero-order chi connectivity index (χ0) is 18.6. The van der Waals surface area contributed by atoms with Gasteiger partial charge in [-0.1, -0.05) is 25.0 Å². The average molecular weight is 363 g/mol. The summed E-state index contributed by atoms with van der Waals surface area (Å²) in [4.78, 5) is 2.63. The first kappa shape index (κ1) is 21.2. The molecule has 1 unspecified atom stereocenters. The van der Waals surface area contributed by atoms with Gasteiger partial charge in [0.25, 0.3) is 0 Å². The van der Waals surface area contributed by atoms with Crippen LogP contribution in [0.4, 0.5) is 0 Å². The molecule has 2 rings (SSSR count). The third-order valence-electron chi connectivity index (χ3n) is 5.10. The number of benzene rings is 1. The summed E-state index contributed by atoms with van der Waals surface area (Å²) in [6, 6.07) is 8.83. The summed E-state index contributed by atoms with van der Waals surface area (Å²) < 4.78 is 5.76. The van der Waals surface area contributed by atoms with Crippen LogP contribution in [0, 0.1) is 0 Å². The predicted octanol–water partition coefficient (Wildman–Crippen LogP) is 3.18. The Morgan fingerprint density at radius 1 is 1.12 bits per heavy atom. The molecule has 1 aromatic carbocycles. The molecule has 5 heteroatoms. The van der Waals surface area contributed by atoms with Crippen molar-refractivity contribution in [3.05, 3.63) is 29.8 Å². The molecule has 1 fully saturated rings. The van der Waals surface area contributed by atoms with Gasteiger partial charge in [-0.05, 0) is 76.5 Å². The van der Waals surface area contributed by atoms with Crippen molar-refractivity contribution in [2.24, 2.45) is 5.84 Å². The van der Waals surface area contributed by atoms with E-state index in [4.69, 9.17) is 10.6 Å². The number of likely N-dealkylation sites (tertiary alicyclic amines) is 1. The topological polar surface area (TPSA) is 53.8 Å². The molecule has 1 atom stereocenters. The minimum absolute atomic E-state index is 0.374. The summed E-state index contributed by atoms with van der Waals surface area (Å²) in [5, 5.41) is 5.34. The van der Waals surface area contributed by atoms with Crippen LogP contribution in [0.25, 0.3) is 0 Å². The van der Waals surface area contributed by atoms with Crippen LogP contribution in [0.15, 0.2) is 24.3 Å². The van der Waals surface area contributed by atoms with Crippen LogP contribution in [-0.2, 0) is 0 Å². The van der Waals surface area contributed by atoms with E-state index in [9.17, 15) is 0 Å². The van der Waals surface area contributed by atoms with Gasteiger partial charge in [-0.2, -0.15) is 0 Å². The van der Waals surface area contributed by atoms with Crippen LogP contribution in [0.5, 0.6) is 5.75 Å². The van der Waals surface area contributed by atoms with Crippen LogP contribution in [-0.4, -0.2) is 56.3 Å². The molecule has 0 spiro atoms. The van der Waals surface area contributed by atoms with Crippen LogP contribution < -0.4 is 15.9 Å². The summed E-state index contributed by atoms with van der Waals surface area (Å²) in [5.74, 6) is 6.52. The van der Waals surface area contributed by atoms with Crippen molar-refractivity contribution in [2.45, 2.75) is 51.5 Å². The van der Waals surface area contributed by atoms with Crippen molar-refractivity contribution in [2.75, 3.05) is 46.4 Å². The first-order valence-electron chi connectivity index (χ1n) is 10.3. The van der Waals surface area contributed by atoms with E-state index in [0.29, 0.717) is 12.6 Å². The highest BCUT2D eigenvalue weighted by atomic mass is 16.5. The minimum Gasteiger partial charge on any atom is -0.494 e. The molecule has 0 saturated carbocycles. The van der Waals surface area contributed by atoms with Crippen molar-refractivity contribution in [3.8, 4) is 5.75 Å². The van der Waals surface area contributed by atoms with Gasteiger partial charge in [0.1, 0.15) is 5.75 Å². The fourth-order valence-electron chi connectivity index (χ4n) is 3.46. The second-order valence-electron chi connectivity index (χ2n) is 7.54. The lowest BCUT2D eigenvalue weighted by Crippen LogP contribution is -2.29. The molecule has 0 radical (unpaired) electrons. The van der Waals surface area contributed by atoms with Crippen molar-refractivity contribution in [1.29, 1.82) is 0 Å². The summed E-state index contributed by atoms with van der Waals surface area (Å²) in [6.45, 7) is 8.66. The van der Waals surface area contributed by atoms with Crippen molar-refractivity contribution < 1.29 is 4.74 Å².